The Kier molecular flexibility index (Phi) is 2.17. The molecule has 2 aromatic heterocycles. The molecule has 0 aliphatic rings. The van der Waals surface area contributed by atoms with Gasteiger partial charge in [-0.15, -0.1) is 4.79 Å². The van der Waals surface area contributed by atoms with Gasteiger partial charge in [-0.1, -0.05) is 27.7 Å². The van der Waals surface area contributed by atoms with Crippen LogP contribution in [-0.4, -0.2) is 9.77 Å². The van der Waals surface area contributed by atoms with E-state index in [1.807, 2.05) is 0 Å². The third kappa shape index (κ3) is 1.36. The van der Waals surface area contributed by atoms with Crippen molar-refractivity contribution >= 4 is 34.0 Å². The Labute approximate surface area is 87.6 Å². The maximum Gasteiger partial charge on any atom is 0.289 e. The molecule has 0 N–H and O–H groups in total. The first-order valence-corrected chi connectivity index (χ1v) is 4.39. The lowest BCUT2D eigenvalue weighted by Crippen LogP contribution is -2.13. The normalized spacial score (nSPS) is 10.8. The van der Waals surface area contributed by atoms with Gasteiger partial charge in [0.2, 0.25) is 0 Å². The first-order chi connectivity index (χ1) is 6.59. The SMILES string of the molecule is O=c1c2c(Cl)nc(Cl)cc2ccn1F. The molecule has 0 spiro atoms. The predicted octanol–water partition coefficient (Wildman–Crippen LogP) is 2.44. The fourth-order valence-corrected chi connectivity index (χ4v) is 1.69. The van der Waals surface area contributed by atoms with Crippen molar-refractivity contribution in [3.8, 4) is 0 Å². The molecule has 0 unspecified atom stereocenters. The fourth-order valence-electron chi connectivity index (χ4n) is 1.16. The van der Waals surface area contributed by atoms with Gasteiger partial charge < -0.3 is 0 Å². The number of rotatable bonds is 0. The van der Waals surface area contributed by atoms with Crippen LogP contribution in [0.1, 0.15) is 0 Å². The first kappa shape index (κ1) is 9.43. The number of pyridine rings is 2. The van der Waals surface area contributed by atoms with Gasteiger partial charge in [-0.25, -0.2) is 4.98 Å². The summed E-state index contributed by atoms with van der Waals surface area (Å²) in [5, 5.41) is 0.568. The minimum absolute atomic E-state index is 0.0288. The molecule has 0 amide bonds. The zero-order valence-electron chi connectivity index (χ0n) is 6.67. The molecule has 0 saturated carbocycles. The first-order valence-electron chi connectivity index (χ1n) is 3.63. The van der Waals surface area contributed by atoms with Crippen molar-refractivity contribution in [2.75, 3.05) is 0 Å². The van der Waals surface area contributed by atoms with Crippen molar-refractivity contribution in [2.45, 2.75) is 0 Å². The second kappa shape index (κ2) is 3.22. The van der Waals surface area contributed by atoms with Crippen LogP contribution < -0.4 is 5.56 Å². The molecule has 14 heavy (non-hydrogen) atoms. The summed E-state index contributed by atoms with van der Waals surface area (Å²) < 4.78 is 12.8. The van der Waals surface area contributed by atoms with Crippen LogP contribution in [0, 0.1) is 0 Å². The van der Waals surface area contributed by atoms with Gasteiger partial charge in [0.1, 0.15) is 10.3 Å². The zero-order valence-corrected chi connectivity index (χ0v) is 8.18. The summed E-state index contributed by atoms with van der Waals surface area (Å²) in [5.74, 6) is 0. The molecule has 0 atom stereocenters. The number of fused-ring (bicyclic) bond motifs is 1. The summed E-state index contributed by atoms with van der Waals surface area (Å²) >= 11 is 11.3. The molecule has 6 heteroatoms. The Morgan fingerprint density at radius 1 is 1.43 bits per heavy atom. The molecule has 0 aromatic carbocycles. The second-order valence-corrected chi connectivity index (χ2v) is 3.38. The van der Waals surface area contributed by atoms with Crippen LogP contribution in [0.5, 0.6) is 0 Å². The van der Waals surface area contributed by atoms with Crippen molar-refractivity contribution < 1.29 is 4.48 Å². The predicted molar refractivity (Wildman–Crippen MR) is 52.5 cm³/mol. The lowest BCUT2D eigenvalue weighted by Gasteiger charge is -2.00. The number of hydrogen-bond donors (Lipinski definition) is 0. The van der Waals surface area contributed by atoms with Gasteiger partial charge >= 0.3 is 0 Å². The monoisotopic (exact) mass is 232 g/mol. The topological polar surface area (TPSA) is 34.9 Å². The zero-order chi connectivity index (χ0) is 10.3. The molecule has 2 heterocycles. The van der Waals surface area contributed by atoms with Gasteiger partial charge in [-0.2, -0.15) is 0 Å². The van der Waals surface area contributed by atoms with Crippen LogP contribution in [0.4, 0.5) is 4.48 Å². The highest BCUT2D eigenvalue weighted by atomic mass is 35.5. The highest BCUT2D eigenvalue weighted by molar-refractivity contribution is 6.36. The summed E-state index contributed by atoms with van der Waals surface area (Å²) in [7, 11) is 0. The number of hydrogen-bond acceptors (Lipinski definition) is 2. The molecule has 72 valence electrons. The molecule has 2 rings (SSSR count). The molecular weight excluding hydrogens is 230 g/mol. The number of halogens is 3. The molecule has 0 aliphatic heterocycles. The van der Waals surface area contributed by atoms with E-state index in [0.29, 0.717) is 5.39 Å². The van der Waals surface area contributed by atoms with E-state index >= 15 is 0 Å². The summed E-state index contributed by atoms with van der Waals surface area (Å²) in [6, 6.07) is 2.85. The minimum atomic E-state index is -0.836. The maximum absolute atomic E-state index is 12.8. The van der Waals surface area contributed by atoms with E-state index in [9.17, 15) is 9.28 Å². The lowest BCUT2D eigenvalue weighted by molar-refractivity contribution is 0.355. The molecule has 0 aliphatic carbocycles. The molecule has 2 aromatic rings. The molecular formula is C8H3Cl2FN2O. The summed E-state index contributed by atoms with van der Waals surface area (Å²) in [6.45, 7) is 0. The summed E-state index contributed by atoms with van der Waals surface area (Å²) in [4.78, 5) is 14.9. The van der Waals surface area contributed by atoms with Crippen molar-refractivity contribution in [3.63, 3.8) is 0 Å². The minimum Gasteiger partial charge on any atom is -0.266 e. The van der Waals surface area contributed by atoms with Crippen molar-refractivity contribution in [2.24, 2.45) is 0 Å². The third-order valence-electron chi connectivity index (χ3n) is 1.77. The van der Waals surface area contributed by atoms with Gasteiger partial charge in [0.05, 0.1) is 5.39 Å². The Balaban J connectivity index is 3.03. The van der Waals surface area contributed by atoms with Crippen molar-refractivity contribution in [1.29, 1.82) is 0 Å². The van der Waals surface area contributed by atoms with E-state index in [-0.39, 0.29) is 20.5 Å². The highest BCUT2D eigenvalue weighted by Crippen LogP contribution is 2.21. The van der Waals surface area contributed by atoms with Crippen molar-refractivity contribution in [3.05, 3.63) is 39.0 Å². The molecule has 3 nitrogen and oxygen atoms in total. The number of nitrogens with zero attached hydrogens (tertiary/aromatic N) is 2. The molecule has 0 fully saturated rings. The van der Waals surface area contributed by atoms with E-state index in [2.05, 4.69) is 4.98 Å². The van der Waals surface area contributed by atoms with E-state index in [1.165, 1.54) is 12.1 Å². The molecule has 0 saturated heterocycles. The lowest BCUT2D eigenvalue weighted by atomic mass is 10.2. The second-order valence-electron chi connectivity index (χ2n) is 2.63. The van der Waals surface area contributed by atoms with Crippen LogP contribution in [0.25, 0.3) is 10.8 Å². The van der Waals surface area contributed by atoms with Crippen LogP contribution >= 0.6 is 23.2 Å². The van der Waals surface area contributed by atoms with Crippen molar-refractivity contribution in [1.82, 2.24) is 9.77 Å². The van der Waals surface area contributed by atoms with E-state index in [4.69, 9.17) is 23.2 Å². The molecule has 0 radical (unpaired) electrons. The van der Waals surface area contributed by atoms with E-state index < -0.39 is 5.56 Å². The Morgan fingerprint density at radius 2 is 2.14 bits per heavy atom. The number of aromatic nitrogens is 2. The maximum atomic E-state index is 12.8. The summed E-state index contributed by atoms with van der Waals surface area (Å²) in [5.41, 5.74) is -0.836. The average molecular weight is 233 g/mol. The third-order valence-corrected chi connectivity index (χ3v) is 2.23. The van der Waals surface area contributed by atoms with Crippen LogP contribution in [0.15, 0.2) is 23.1 Å². The van der Waals surface area contributed by atoms with E-state index in [0.717, 1.165) is 6.20 Å². The van der Waals surface area contributed by atoms with Gasteiger partial charge in [0.15, 0.2) is 0 Å². The van der Waals surface area contributed by atoms with Crippen LogP contribution in [0.3, 0.4) is 0 Å². The average Bonchev–Trinajstić information content (AvgIpc) is 2.10. The van der Waals surface area contributed by atoms with Gasteiger partial charge in [0.25, 0.3) is 5.56 Å². The van der Waals surface area contributed by atoms with Crippen LogP contribution in [0.2, 0.25) is 10.3 Å². The van der Waals surface area contributed by atoms with Gasteiger partial charge in [-0.3, -0.25) is 4.79 Å². The smallest absolute Gasteiger partial charge is 0.266 e. The highest BCUT2D eigenvalue weighted by Gasteiger charge is 2.08. The largest absolute Gasteiger partial charge is 0.289 e. The quantitative estimate of drug-likeness (QED) is 0.655. The Morgan fingerprint density at radius 3 is 2.86 bits per heavy atom. The van der Waals surface area contributed by atoms with Gasteiger partial charge in [0, 0.05) is 6.20 Å². The Bertz CT molecular complexity index is 567. The Hall–Kier alpha value is -1.13. The van der Waals surface area contributed by atoms with Crippen LogP contribution in [-0.2, 0) is 0 Å². The standard InChI is InChI=1S/C8H3Cl2FN2O/c9-5-3-4-1-2-13(11)8(14)6(4)7(10)12-5/h1-3H. The summed E-state index contributed by atoms with van der Waals surface area (Å²) in [6.07, 6.45) is 0.997. The van der Waals surface area contributed by atoms with Gasteiger partial charge in [-0.05, 0) is 17.5 Å². The fraction of sp³-hybridized carbons (Fsp3) is 0. The molecule has 0 bridgehead atoms. The van der Waals surface area contributed by atoms with E-state index in [1.54, 1.807) is 0 Å².